The third-order valence-corrected chi connectivity index (χ3v) is 4.49. The molecule has 3 rings (SSSR count). The topological polar surface area (TPSA) is 21.3 Å². The maximum Gasteiger partial charge on any atom is 0.141 e. The van der Waals surface area contributed by atoms with Crippen LogP contribution in [0.4, 0.5) is 5.69 Å². The quantitative estimate of drug-likeness (QED) is 0.853. The Hall–Kier alpha value is -1.67. The summed E-state index contributed by atoms with van der Waals surface area (Å²) in [6.07, 6.45) is 1.05. The molecule has 1 N–H and O–H groups in total. The molecule has 3 heteroatoms. The maximum atomic E-state index is 6.19. The van der Waals surface area contributed by atoms with Crippen LogP contribution in [-0.4, -0.2) is 7.11 Å². The van der Waals surface area contributed by atoms with E-state index >= 15 is 0 Å². The zero-order chi connectivity index (χ0) is 15.0. The number of rotatable bonds is 3. The minimum Gasteiger partial charge on any atom is -0.495 e. The summed E-state index contributed by atoms with van der Waals surface area (Å²) in [5.41, 5.74) is 3.81. The lowest BCUT2D eigenvalue weighted by Gasteiger charge is -2.30. The summed E-state index contributed by atoms with van der Waals surface area (Å²) in [6, 6.07) is 14.5. The molecule has 1 unspecified atom stereocenters. The van der Waals surface area contributed by atoms with Gasteiger partial charge in [0.1, 0.15) is 5.75 Å². The van der Waals surface area contributed by atoms with E-state index in [4.69, 9.17) is 16.3 Å². The first-order valence-electron chi connectivity index (χ1n) is 7.19. The van der Waals surface area contributed by atoms with E-state index in [0.29, 0.717) is 0 Å². The lowest BCUT2D eigenvalue weighted by molar-refractivity contribution is 0.335. The Morgan fingerprint density at radius 1 is 1.19 bits per heavy atom. The summed E-state index contributed by atoms with van der Waals surface area (Å²) in [4.78, 5) is 0. The second kappa shape index (κ2) is 5.27. The van der Waals surface area contributed by atoms with Crippen LogP contribution < -0.4 is 10.1 Å². The molecule has 0 saturated carbocycles. The van der Waals surface area contributed by atoms with E-state index in [-0.39, 0.29) is 11.5 Å². The van der Waals surface area contributed by atoms with Crippen molar-refractivity contribution in [3.63, 3.8) is 0 Å². The fraction of sp³-hybridized carbons (Fsp3) is 0.333. The number of methoxy groups -OCH3 is 1. The predicted molar refractivity (Wildman–Crippen MR) is 88.3 cm³/mol. The number of nitrogens with one attached hydrogen (secondary N) is 1. The number of para-hydroxylation sites is 2. The molecule has 110 valence electrons. The van der Waals surface area contributed by atoms with Crippen LogP contribution in [0.15, 0.2) is 42.5 Å². The van der Waals surface area contributed by atoms with Gasteiger partial charge >= 0.3 is 0 Å². The largest absolute Gasteiger partial charge is 0.495 e. The van der Waals surface area contributed by atoms with E-state index in [1.54, 1.807) is 7.11 Å². The molecule has 0 radical (unpaired) electrons. The lowest BCUT2D eigenvalue weighted by atomic mass is 9.85. The molecule has 1 atom stereocenters. The van der Waals surface area contributed by atoms with Crippen molar-refractivity contribution in [1.29, 1.82) is 0 Å². The van der Waals surface area contributed by atoms with E-state index in [9.17, 15) is 0 Å². The van der Waals surface area contributed by atoms with Gasteiger partial charge in [0.05, 0.1) is 18.8 Å². The first-order valence-corrected chi connectivity index (χ1v) is 7.57. The van der Waals surface area contributed by atoms with Crippen molar-refractivity contribution in [2.24, 2.45) is 5.41 Å². The van der Waals surface area contributed by atoms with E-state index in [0.717, 1.165) is 22.9 Å². The molecule has 1 aliphatic carbocycles. The van der Waals surface area contributed by atoms with E-state index in [2.05, 4.69) is 37.4 Å². The van der Waals surface area contributed by atoms with Crippen LogP contribution >= 0.6 is 11.6 Å². The first kappa shape index (κ1) is 14.3. The van der Waals surface area contributed by atoms with Gasteiger partial charge < -0.3 is 10.1 Å². The molecule has 0 aromatic heterocycles. The van der Waals surface area contributed by atoms with E-state index in [1.807, 2.05) is 24.3 Å². The van der Waals surface area contributed by atoms with Crippen LogP contribution in [0.3, 0.4) is 0 Å². The van der Waals surface area contributed by atoms with Crippen LogP contribution in [0, 0.1) is 5.41 Å². The summed E-state index contributed by atoms with van der Waals surface area (Å²) in [5, 5.41) is 4.44. The van der Waals surface area contributed by atoms with Crippen LogP contribution in [0.2, 0.25) is 5.02 Å². The van der Waals surface area contributed by atoms with Gasteiger partial charge in [-0.1, -0.05) is 43.6 Å². The molecule has 0 spiro atoms. The molecule has 0 fully saturated rings. The average Bonchev–Trinajstić information content (AvgIpc) is 2.70. The Kier molecular flexibility index (Phi) is 3.58. The van der Waals surface area contributed by atoms with Crippen molar-refractivity contribution < 1.29 is 4.74 Å². The van der Waals surface area contributed by atoms with Gasteiger partial charge in [-0.05, 0) is 47.2 Å². The molecule has 0 amide bonds. The third kappa shape index (κ3) is 2.60. The average molecular weight is 302 g/mol. The van der Waals surface area contributed by atoms with Gasteiger partial charge in [-0.2, -0.15) is 0 Å². The van der Waals surface area contributed by atoms with E-state index < -0.39 is 0 Å². The van der Waals surface area contributed by atoms with Crippen molar-refractivity contribution in [1.82, 2.24) is 0 Å². The van der Waals surface area contributed by atoms with Crippen molar-refractivity contribution >= 4 is 17.3 Å². The summed E-state index contributed by atoms with van der Waals surface area (Å²) in [6.45, 7) is 4.57. The summed E-state index contributed by atoms with van der Waals surface area (Å²) < 4.78 is 5.45. The molecule has 0 saturated heterocycles. The number of anilines is 1. The highest BCUT2D eigenvalue weighted by atomic mass is 35.5. The molecule has 1 aliphatic rings. The summed E-state index contributed by atoms with van der Waals surface area (Å²) in [5.74, 6) is 0.865. The minimum absolute atomic E-state index is 0.133. The summed E-state index contributed by atoms with van der Waals surface area (Å²) in [7, 11) is 1.70. The smallest absolute Gasteiger partial charge is 0.141 e. The normalized spacial score (nSPS) is 19.1. The van der Waals surface area contributed by atoms with Crippen LogP contribution in [0.5, 0.6) is 5.75 Å². The number of hydrogen-bond donors (Lipinski definition) is 1. The second-order valence-corrected chi connectivity index (χ2v) is 6.72. The number of fused-ring (bicyclic) bond motifs is 1. The second-order valence-electron chi connectivity index (χ2n) is 6.29. The predicted octanol–water partition coefficient (Wildman–Crippen LogP) is 5.08. The Bertz CT molecular complexity index is 666. The zero-order valence-electron chi connectivity index (χ0n) is 12.6. The molecular weight excluding hydrogens is 282 g/mol. The molecule has 0 bridgehead atoms. The van der Waals surface area contributed by atoms with Gasteiger partial charge in [-0.25, -0.2) is 0 Å². The van der Waals surface area contributed by atoms with Gasteiger partial charge in [-0.3, -0.25) is 0 Å². The SMILES string of the molecule is COc1ccccc1NC1c2cc(Cl)ccc2CC1(C)C. The number of ether oxygens (including phenoxy) is 1. The fourth-order valence-corrected chi connectivity index (χ4v) is 3.38. The van der Waals surface area contributed by atoms with Gasteiger partial charge in [0.15, 0.2) is 0 Å². The Morgan fingerprint density at radius 3 is 2.71 bits per heavy atom. The van der Waals surface area contributed by atoms with Gasteiger partial charge in [0.25, 0.3) is 0 Å². The Balaban J connectivity index is 2.00. The van der Waals surface area contributed by atoms with Crippen molar-refractivity contribution in [3.8, 4) is 5.75 Å². The number of hydrogen-bond acceptors (Lipinski definition) is 2. The van der Waals surface area contributed by atoms with Gasteiger partial charge in [0.2, 0.25) is 0 Å². The lowest BCUT2D eigenvalue weighted by Crippen LogP contribution is -2.24. The molecule has 2 aromatic rings. The zero-order valence-corrected chi connectivity index (χ0v) is 13.4. The van der Waals surface area contributed by atoms with Crippen molar-refractivity contribution in [2.45, 2.75) is 26.3 Å². The minimum atomic E-state index is 0.133. The van der Waals surface area contributed by atoms with Crippen LogP contribution in [0.1, 0.15) is 31.0 Å². The third-order valence-electron chi connectivity index (χ3n) is 4.25. The van der Waals surface area contributed by atoms with Gasteiger partial charge in [0, 0.05) is 5.02 Å². The highest BCUT2D eigenvalue weighted by Crippen LogP contribution is 2.48. The molecule has 0 aliphatic heterocycles. The molecular formula is C18H20ClNO. The molecule has 0 heterocycles. The molecule has 2 aromatic carbocycles. The molecule has 2 nitrogen and oxygen atoms in total. The number of benzene rings is 2. The highest BCUT2D eigenvalue weighted by molar-refractivity contribution is 6.30. The highest BCUT2D eigenvalue weighted by Gasteiger charge is 2.39. The molecule has 21 heavy (non-hydrogen) atoms. The first-order chi connectivity index (χ1) is 10.0. The standard InChI is InChI=1S/C18H20ClNO/c1-18(2)11-12-8-9-13(19)10-14(12)17(18)20-15-6-4-5-7-16(15)21-3/h4-10,17,20H,11H2,1-3H3. The van der Waals surface area contributed by atoms with Crippen molar-refractivity contribution in [3.05, 3.63) is 58.6 Å². The van der Waals surface area contributed by atoms with Gasteiger partial charge in [-0.15, -0.1) is 0 Å². The Labute approximate surface area is 131 Å². The monoisotopic (exact) mass is 301 g/mol. The Morgan fingerprint density at radius 2 is 1.95 bits per heavy atom. The number of halogens is 1. The summed E-state index contributed by atoms with van der Waals surface area (Å²) >= 11 is 6.19. The van der Waals surface area contributed by atoms with Crippen LogP contribution in [-0.2, 0) is 6.42 Å². The maximum absolute atomic E-state index is 6.19. The van der Waals surface area contributed by atoms with Crippen molar-refractivity contribution in [2.75, 3.05) is 12.4 Å². The van der Waals surface area contributed by atoms with E-state index in [1.165, 1.54) is 11.1 Å². The van der Waals surface area contributed by atoms with Crippen LogP contribution in [0.25, 0.3) is 0 Å². The fourth-order valence-electron chi connectivity index (χ4n) is 3.20.